The Hall–Kier alpha value is -3.07. The van der Waals surface area contributed by atoms with E-state index in [0.717, 1.165) is 21.7 Å². The highest BCUT2D eigenvalue weighted by atomic mass is 35.5. The Bertz CT molecular complexity index is 1430. The third-order valence-electron chi connectivity index (χ3n) is 6.47. The molecular formula is C30H35Cl2N3O4S. The van der Waals surface area contributed by atoms with Crippen LogP contribution in [0.25, 0.3) is 0 Å². The van der Waals surface area contributed by atoms with E-state index < -0.39 is 28.5 Å². The molecule has 1 atom stereocenters. The molecule has 0 aliphatic rings. The quantitative estimate of drug-likeness (QED) is 0.289. The van der Waals surface area contributed by atoms with Crippen molar-refractivity contribution < 1.29 is 18.0 Å². The Morgan fingerprint density at radius 3 is 2.15 bits per heavy atom. The van der Waals surface area contributed by atoms with Crippen LogP contribution in [-0.4, -0.2) is 50.5 Å². The van der Waals surface area contributed by atoms with Gasteiger partial charge in [0.25, 0.3) is 0 Å². The Morgan fingerprint density at radius 2 is 1.55 bits per heavy atom. The number of anilines is 1. The van der Waals surface area contributed by atoms with Crippen LogP contribution in [-0.2, 0) is 32.6 Å². The Morgan fingerprint density at radius 1 is 0.900 bits per heavy atom. The molecule has 0 spiro atoms. The second kappa shape index (κ2) is 14.0. The molecule has 0 fully saturated rings. The zero-order chi connectivity index (χ0) is 29.4. The maximum Gasteiger partial charge on any atom is 0.244 e. The predicted octanol–water partition coefficient (Wildman–Crippen LogP) is 5.66. The highest BCUT2D eigenvalue weighted by molar-refractivity contribution is 7.92. The number of nitrogens with one attached hydrogen (secondary N) is 1. The number of sulfonamides is 1. The van der Waals surface area contributed by atoms with E-state index in [1.165, 1.54) is 4.90 Å². The van der Waals surface area contributed by atoms with Gasteiger partial charge in [-0.05, 0) is 47.7 Å². The molecule has 40 heavy (non-hydrogen) atoms. The molecule has 0 aliphatic carbocycles. The number of para-hydroxylation sites is 1. The van der Waals surface area contributed by atoms with E-state index in [1.807, 2.05) is 56.3 Å². The minimum atomic E-state index is -3.86. The summed E-state index contributed by atoms with van der Waals surface area (Å²) >= 11 is 12.4. The lowest BCUT2D eigenvalue weighted by Crippen LogP contribution is -2.53. The van der Waals surface area contributed by atoms with Crippen LogP contribution in [0, 0.1) is 0 Å². The third-order valence-corrected chi connectivity index (χ3v) is 8.33. The van der Waals surface area contributed by atoms with Gasteiger partial charge in [-0.3, -0.25) is 13.9 Å². The molecule has 0 saturated heterocycles. The predicted molar refractivity (Wildman–Crippen MR) is 162 cm³/mol. The highest BCUT2D eigenvalue weighted by Crippen LogP contribution is 2.30. The van der Waals surface area contributed by atoms with Crippen LogP contribution in [0.1, 0.15) is 43.4 Å². The molecule has 0 bridgehead atoms. The average molecular weight is 605 g/mol. The third kappa shape index (κ3) is 8.22. The Kier molecular flexibility index (Phi) is 11.0. The second-order valence-corrected chi connectivity index (χ2v) is 12.6. The summed E-state index contributed by atoms with van der Waals surface area (Å²) in [6.45, 7) is 5.64. The van der Waals surface area contributed by atoms with Crippen molar-refractivity contribution in [2.45, 2.75) is 45.7 Å². The van der Waals surface area contributed by atoms with Gasteiger partial charge in [0, 0.05) is 19.5 Å². The fourth-order valence-electron chi connectivity index (χ4n) is 4.48. The molecular weight excluding hydrogens is 569 g/mol. The number of amides is 2. The Balaban J connectivity index is 2.09. The van der Waals surface area contributed by atoms with Crippen molar-refractivity contribution in [1.29, 1.82) is 0 Å². The molecule has 7 nitrogen and oxygen atoms in total. The first-order valence-corrected chi connectivity index (χ1v) is 15.6. The normalized spacial score (nSPS) is 12.2. The van der Waals surface area contributed by atoms with Crippen molar-refractivity contribution in [2.24, 2.45) is 0 Å². The maximum absolute atomic E-state index is 14.1. The van der Waals surface area contributed by atoms with Crippen LogP contribution in [0.15, 0.2) is 72.8 Å². The topological polar surface area (TPSA) is 86.8 Å². The molecule has 0 aliphatic heterocycles. The number of carbonyl (C=O) groups excluding carboxylic acids is 2. The van der Waals surface area contributed by atoms with Gasteiger partial charge in [0.1, 0.15) is 12.6 Å². The lowest BCUT2D eigenvalue weighted by molar-refractivity contribution is -0.140. The van der Waals surface area contributed by atoms with E-state index in [2.05, 4.69) is 5.32 Å². The summed E-state index contributed by atoms with van der Waals surface area (Å²) in [6, 6.07) is 20.6. The standard InChI is InChI=1S/C30H35Cl2N3O4S/c1-5-33-30(37)28(18-22-11-7-6-8-12-22)34(19-23-15-16-25(31)26(32)17-23)29(36)20-35(40(4,38)39)27-14-10-9-13-24(27)21(2)3/h6-17,21,28H,5,18-20H2,1-4H3,(H,33,37)/t28-/m0/s1. The second-order valence-electron chi connectivity index (χ2n) is 9.85. The summed E-state index contributed by atoms with van der Waals surface area (Å²) in [5.74, 6) is -0.848. The van der Waals surface area contributed by atoms with Crippen molar-refractivity contribution >= 4 is 50.7 Å². The molecule has 0 heterocycles. The van der Waals surface area contributed by atoms with Crippen LogP contribution in [0.5, 0.6) is 0 Å². The molecule has 214 valence electrons. The molecule has 2 amide bonds. The van der Waals surface area contributed by atoms with Crippen molar-refractivity contribution in [3.8, 4) is 0 Å². The molecule has 0 radical (unpaired) electrons. The van der Waals surface area contributed by atoms with E-state index in [-0.39, 0.29) is 24.8 Å². The first-order chi connectivity index (χ1) is 18.9. The van der Waals surface area contributed by atoms with Crippen LogP contribution in [0.4, 0.5) is 5.69 Å². The highest BCUT2D eigenvalue weighted by Gasteiger charge is 2.33. The van der Waals surface area contributed by atoms with Crippen molar-refractivity contribution in [3.05, 3.63) is 99.5 Å². The van der Waals surface area contributed by atoms with Crippen molar-refractivity contribution in [2.75, 3.05) is 23.7 Å². The SMILES string of the molecule is CCNC(=O)[C@H](Cc1ccccc1)N(Cc1ccc(Cl)c(Cl)c1)C(=O)CN(c1ccccc1C(C)C)S(C)(=O)=O. The maximum atomic E-state index is 14.1. The molecule has 0 saturated carbocycles. The van der Waals surface area contributed by atoms with E-state index in [4.69, 9.17) is 23.2 Å². The van der Waals surface area contributed by atoms with Crippen LogP contribution < -0.4 is 9.62 Å². The van der Waals surface area contributed by atoms with E-state index in [1.54, 1.807) is 37.3 Å². The smallest absolute Gasteiger partial charge is 0.244 e. The number of hydrogen-bond donors (Lipinski definition) is 1. The molecule has 3 aromatic rings. The number of halogens is 2. The van der Waals surface area contributed by atoms with Crippen LogP contribution >= 0.6 is 23.2 Å². The summed E-state index contributed by atoms with van der Waals surface area (Å²) in [6.07, 6.45) is 1.31. The monoisotopic (exact) mass is 603 g/mol. The van der Waals surface area contributed by atoms with Gasteiger partial charge >= 0.3 is 0 Å². The van der Waals surface area contributed by atoms with Gasteiger partial charge in [-0.25, -0.2) is 8.42 Å². The number of hydrogen-bond acceptors (Lipinski definition) is 4. The van der Waals surface area contributed by atoms with Gasteiger partial charge in [0.2, 0.25) is 21.8 Å². The lowest BCUT2D eigenvalue weighted by atomic mass is 10.0. The van der Waals surface area contributed by atoms with Gasteiger partial charge in [0.15, 0.2) is 0 Å². The number of likely N-dealkylation sites (N-methyl/N-ethyl adjacent to an activating group) is 1. The van der Waals surface area contributed by atoms with Gasteiger partial charge in [0.05, 0.1) is 22.0 Å². The molecule has 1 N–H and O–H groups in total. The van der Waals surface area contributed by atoms with Gasteiger partial charge in [-0.15, -0.1) is 0 Å². The first-order valence-electron chi connectivity index (χ1n) is 13.0. The summed E-state index contributed by atoms with van der Waals surface area (Å²) in [4.78, 5) is 29.0. The minimum Gasteiger partial charge on any atom is -0.355 e. The van der Waals surface area contributed by atoms with E-state index in [0.29, 0.717) is 27.8 Å². The number of benzene rings is 3. The van der Waals surface area contributed by atoms with Crippen LogP contribution in [0.2, 0.25) is 10.0 Å². The molecule has 3 rings (SSSR count). The van der Waals surface area contributed by atoms with Crippen molar-refractivity contribution in [3.63, 3.8) is 0 Å². The fraction of sp³-hybridized carbons (Fsp3) is 0.333. The summed E-state index contributed by atoms with van der Waals surface area (Å²) < 4.78 is 27.2. The fourth-order valence-corrected chi connectivity index (χ4v) is 5.67. The molecule has 0 unspecified atom stereocenters. The largest absolute Gasteiger partial charge is 0.355 e. The molecule has 3 aromatic carbocycles. The van der Waals surface area contributed by atoms with E-state index in [9.17, 15) is 18.0 Å². The summed E-state index contributed by atoms with van der Waals surface area (Å²) in [5, 5.41) is 3.51. The molecule has 10 heteroatoms. The zero-order valence-corrected chi connectivity index (χ0v) is 25.4. The molecule has 0 aromatic heterocycles. The average Bonchev–Trinajstić information content (AvgIpc) is 2.91. The van der Waals surface area contributed by atoms with Gasteiger partial charge in [-0.1, -0.05) is 91.6 Å². The zero-order valence-electron chi connectivity index (χ0n) is 23.1. The number of nitrogens with zero attached hydrogens (tertiary/aromatic N) is 2. The van der Waals surface area contributed by atoms with Gasteiger partial charge < -0.3 is 10.2 Å². The summed E-state index contributed by atoms with van der Waals surface area (Å²) in [5.41, 5.74) is 2.73. The minimum absolute atomic E-state index is 0.0176. The van der Waals surface area contributed by atoms with Gasteiger partial charge in [-0.2, -0.15) is 0 Å². The van der Waals surface area contributed by atoms with Crippen LogP contribution in [0.3, 0.4) is 0 Å². The van der Waals surface area contributed by atoms with Crippen molar-refractivity contribution in [1.82, 2.24) is 10.2 Å². The van der Waals surface area contributed by atoms with E-state index >= 15 is 0 Å². The Labute approximate surface area is 247 Å². The first kappa shape index (κ1) is 31.5. The summed E-state index contributed by atoms with van der Waals surface area (Å²) in [7, 11) is -3.86. The number of rotatable bonds is 12. The lowest BCUT2D eigenvalue weighted by Gasteiger charge is -2.34. The number of carbonyl (C=O) groups is 2.